The van der Waals surface area contributed by atoms with E-state index in [2.05, 4.69) is 26.8 Å². The molecule has 3 aliphatic heterocycles. The molecule has 0 N–H and O–H groups in total. The van der Waals surface area contributed by atoms with Gasteiger partial charge in [-0.25, -0.2) is 0 Å². The molecule has 7 rings (SSSR count). The molecule has 10 atom stereocenters. The minimum absolute atomic E-state index is 0.00463. The zero-order valence-electron chi connectivity index (χ0n) is 19.5. The summed E-state index contributed by atoms with van der Waals surface area (Å²) in [7, 11) is 0. The Hall–Kier alpha value is -1.66. The molecule has 32 heavy (non-hydrogen) atoms. The molecule has 4 unspecified atom stereocenters. The summed E-state index contributed by atoms with van der Waals surface area (Å²) in [6.07, 6.45) is 5.79. The first kappa shape index (κ1) is 19.8. The average molecular weight is 441 g/mol. The third-order valence-electron chi connectivity index (χ3n) is 11.2. The molecule has 0 bridgehead atoms. The van der Waals surface area contributed by atoms with Crippen molar-refractivity contribution in [3.63, 3.8) is 0 Å². The number of ketones is 1. The maximum absolute atomic E-state index is 13.4. The van der Waals surface area contributed by atoms with Crippen molar-refractivity contribution in [1.82, 2.24) is 0 Å². The van der Waals surface area contributed by atoms with Crippen molar-refractivity contribution < 1.29 is 28.2 Å². The number of ether oxygens (including phenoxy) is 3. The molecule has 1 aromatic heterocycles. The van der Waals surface area contributed by atoms with E-state index in [1.807, 2.05) is 20.1 Å². The van der Waals surface area contributed by atoms with Gasteiger partial charge in [-0.15, -0.1) is 0 Å². The fraction of sp³-hybridized carbons (Fsp3) is 0.769. The Balaban J connectivity index is 1.43. The third-order valence-corrected chi connectivity index (χ3v) is 11.2. The highest BCUT2D eigenvalue weighted by Gasteiger charge is 2.90. The molecular weight excluding hydrogens is 408 g/mol. The number of Topliss-reactive ketones (excluding diaryl/α,β-unsaturated/α-hetero) is 1. The number of hydrogen-bond donors (Lipinski definition) is 0. The minimum Gasteiger partial charge on any atom is -0.472 e. The van der Waals surface area contributed by atoms with E-state index >= 15 is 0 Å². The van der Waals surface area contributed by atoms with Gasteiger partial charge in [-0.05, 0) is 43.2 Å². The molecule has 6 fully saturated rings. The lowest BCUT2D eigenvalue weighted by molar-refractivity contribution is -0.213. The summed E-state index contributed by atoms with van der Waals surface area (Å²) < 4.78 is 25.3. The van der Waals surface area contributed by atoms with Crippen molar-refractivity contribution in [2.45, 2.75) is 95.7 Å². The molecule has 3 saturated heterocycles. The average Bonchev–Trinajstić information content (AvgIpc) is 2.99. The molecule has 4 heterocycles. The summed E-state index contributed by atoms with van der Waals surface area (Å²) >= 11 is 0. The molecule has 6 nitrogen and oxygen atoms in total. The van der Waals surface area contributed by atoms with Crippen LogP contribution in [0, 0.1) is 28.1 Å². The van der Waals surface area contributed by atoms with Crippen molar-refractivity contribution in [2.75, 3.05) is 0 Å². The van der Waals surface area contributed by atoms with E-state index in [-0.39, 0.29) is 65.1 Å². The van der Waals surface area contributed by atoms with Gasteiger partial charge in [0.1, 0.15) is 17.0 Å². The normalized spacial score (nSPS) is 56.7. The number of rotatable bonds is 1. The van der Waals surface area contributed by atoms with Gasteiger partial charge in [0.15, 0.2) is 0 Å². The largest absolute Gasteiger partial charge is 0.472 e. The van der Waals surface area contributed by atoms with Crippen LogP contribution in [-0.4, -0.2) is 41.3 Å². The van der Waals surface area contributed by atoms with Gasteiger partial charge in [0.05, 0.1) is 30.8 Å². The standard InChI is InChI=1S/C26H32O6/c1-22(2)16-9-20(28)32-25(5)21-15(30-18(10-17(22)27)24(16,21)4)11-23(3)14(13-6-7-29-12-13)8-19-26(23,25)31-19/h6-7,12,14-16,18-19,21H,8-11H2,1-5H3/t14-,15+,16?,18-,19+,21?,23-,24?,25+,26?/m0/s1. The molecule has 1 aromatic rings. The summed E-state index contributed by atoms with van der Waals surface area (Å²) in [5.74, 6) is 0.154. The molecule has 0 amide bonds. The summed E-state index contributed by atoms with van der Waals surface area (Å²) in [6, 6.07) is 2.05. The van der Waals surface area contributed by atoms with Gasteiger partial charge in [-0.2, -0.15) is 0 Å². The number of hydrogen-bond acceptors (Lipinski definition) is 6. The molecular formula is C26H32O6. The Labute approximate surface area is 188 Å². The smallest absolute Gasteiger partial charge is 0.306 e. The van der Waals surface area contributed by atoms with Gasteiger partial charge >= 0.3 is 5.97 Å². The first-order valence-corrected chi connectivity index (χ1v) is 12.1. The van der Waals surface area contributed by atoms with E-state index in [4.69, 9.17) is 18.6 Å². The third kappa shape index (κ3) is 1.80. The molecule has 0 radical (unpaired) electrons. The van der Waals surface area contributed by atoms with Crippen LogP contribution in [0.4, 0.5) is 0 Å². The molecule has 3 saturated carbocycles. The van der Waals surface area contributed by atoms with E-state index in [0.29, 0.717) is 6.42 Å². The van der Waals surface area contributed by atoms with Crippen molar-refractivity contribution in [3.05, 3.63) is 24.2 Å². The van der Waals surface area contributed by atoms with Crippen LogP contribution in [0.2, 0.25) is 0 Å². The maximum atomic E-state index is 13.4. The van der Waals surface area contributed by atoms with Crippen molar-refractivity contribution >= 4 is 11.8 Å². The first-order chi connectivity index (χ1) is 15.0. The highest BCUT2D eigenvalue weighted by atomic mass is 16.7. The van der Waals surface area contributed by atoms with Gasteiger partial charge in [0.2, 0.25) is 0 Å². The molecule has 6 aliphatic rings. The Morgan fingerprint density at radius 2 is 1.81 bits per heavy atom. The first-order valence-electron chi connectivity index (χ1n) is 12.1. The zero-order valence-corrected chi connectivity index (χ0v) is 19.5. The van der Waals surface area contributed by atoms with E-state index in [1.54, 1.807) is 6.26 Å². The molecule has 172 valence electrons. The molecule has 6 heteroatoms. The summed E-state index contributed by atoms with van der Waals surface area (Å²) in [5.41, 5.74) is -1.28. The topological polar surface area (TPSA) is 78.3 Å². The second-order valence-electron chi connectivity index (χ2n) is 12.5. The molecule has 0 aromatic carbocycles. The van der Waals surface area contributed by atoms with Gasteiger partial charge in [-0.1, -0.05) is 27.7 Å². The predicted octanol–water partition coefficient (Wildman–Crippen LogP) is 4.03. The maximum Gasteiger partial charge on any atom is 0.306 e. The van der Waals surface area contributed by atoms with Crippen LogP contribution in [0.25, 0.3) is 0 Å². The van der Waals surface area contributed by atoms with Crippen LogP contribution in [-0.2, 0) is 23.8 Å². The lowest BCUT2D eigenvalue weighted by atomic mass is 9.44. The van der Waals surface area contributed by atoms with Gasteiger partial charge in [-0.3, -0.25) is 9.59 Å². The van der Waals surface area contributed by atoms with Gasteiger partial charge in [0, 0.05) is 35.0 Å². The van der Waals surface area contributed by atoms with Crippen molar-refractivity contribution in [1.29, 1.82) is 0 Å². The number of epoxide rings is 1. The Bertz CT molecular complexity index is 1040. The van der Waals surface area contributed by atoms with Crippen LogP contribution in [0.5, 0.6) is 0 Å². The number of esters is 1. The van der Waals surface area contributed by atoms with Crippen molar-refractivity contribution in [3.8, 4) is 0 Å². The second-order valence-corrected chi connectivity index (χ2v) is 12.5. The Morgan fingerprint density at radius 3 is 2.53 bits per heavy atom. The summed E-state index contributed by atoms with van der Waals surface area (Å²) in [6.45, 7) is 10.7. The van der Waals surface area contributed by atoms with Gasteiger partial charge in [0.25, 0.3) is 0 Å². The lowest BCUT2D eigenvalue weighted by Crippen LogP contribution is -2.69. The van der Waals surface area contributed by atoms with Crippen LogP contribution in [0.1, 0.15) is 71.8 Å². The fourth-order valence-corrected chi connectivity index (χ4v) is 9.89. The lowest BCUT2D eigenvalue weighted by Gasteiger charge is -2.59. The van der Waals surface area contributed by atoms with E-state index in [1.165, 1.54) is 5.56 Å². The van der Waals surface area contributed by atoms with E-state index < -0.39 is 16.6 Å². The highest BCUT2D eigenvalue weighted by Crippen LogP contribution is 2.80. The quantitative estimate of drug-likeness (QED) is 0.485. The molecule has 3 aliphatic carbocycles. The number of carbonyl (C=O) groups excluding carboxylic acids is 2. The Kier molecular flexibility index (Phi) is 3.31. The fourth-order valence-electron chi connectivity index (χ4n) is 9.89. The molecule has 1 spiro atoms. The predicted molar refractivity (Wildman–Crippen MR) is 113 cm³/mol. The van der Waals surface area contributed by atoms with Crippen LogP contribution in [0.15, 0.2) is 23.0 Å². The summed E-state index contributed by atoms with van der Waals surface area (Å²) in [5, 5.41) is 0. The van der Waals surface area contributed by atoms with Crippen LogP contribution in [0.3, 0.4) is 0 Å². The van der Waals surface area contributed by atoms with E-state index in [9.17, 15) is 9.59 Å². The number of furan rings is 1. The highest BCUT2D eigenvalue weighted by molar-refractivity contribution is 5.87. The minimum atomic E-state index is -0.792. The zero-order chi connectivity index (χ0) is 22.5. The van der Waals surface area contributed by atoms with Crippen LogP contribution < -0.4 is 0 Å². The Morgan fingerprint density at radius 1 is 1.03 bits per heavy atom. The number of carbonyl (C=O) groups is 2. The van der Waals surface area contributed by atoms with Gasteiger partial charge < -0.3 is 18.6 Å². The SMILES string of the molecule is CC1(C)C(=O)C[C@@H]2O[C@@H]3C[C@@]4(C)[C@H](c5ccoc5)C[C@H]5OC54[C@]4(C)OC(=O)CC1C2(C)C34. The monoisotopic (exact) mass is 440 g/mol. The van der Waals surface area contributed by atoms with Crippen molar-refractivity contribution in [2.24, 2.45) is 28.1 Å². The van der Waals surface area contributed by atoms with Crippen LogP contribution >= 0.6 is 0 Å². The summed E-state index contributed by atoms with van der Waals surface area (Å²) in [4.78, 5) is 26.5. The second kappa shape index (κ2) is 5.35. The van der Waals surface area contributed by atoms with E-state index in [0.717, 1.165) is 12.8 Å².